The van der Waals surface area contributed by atoms with Gasteiger partial charge in [0.05, 0.1) is 6.61 Å². The molecule has 1 rings (SSSR count). The second-order valence-electron chi connectivity index (χ2n) is 1.86. The van der Waals surface area contributed by atoms with Gasteiger partial charge in [0, 0.05) is 5.66 Å². The van der Waals surface area contributed by atoms with Gasteiger partial charge in [-0.05, 0) is 6.42 Å². The van der Waals surface area contributed by atoms with Crippen LogP contribution in [0.15, 0.2) is 0 Å². The van der Waals surface area contributed by atoms with E-state index >= 15 is 0 Å². The molecule has 3 heteroatoms. The maximum atomic E-state index is 10.5. The zero-order chi connectivity index (χ0) is 5.28. The van der Waals surface area contributed by atoms with Gasteiger partial charge in [-0.2, -0.15) is 0 Å². The van der Waals surface area contributed by atoms with Gasteiger partial charge in [-0.3, -0.25) is 4.57 Å². The van der Waals surface area contributed by atoms with Crippen LogP contribution in [0.5, 0.6) is 0 Å². The smallest absolute Gasteiger partial charge is 0.194 e. The molecule has 0 spiro atoms. The molecule has 2 atom stereocenters. The maximum absolute atomic E-state index is 10.5. The largest absolute Gasteiger partial charge is 0.330 e. The van der Waals surface area contributed by atoms with Gasteiger partial charge in [-0.25, -0.2) is 0 Å². The quantitative estimate of drug-likeness (QED) is 0.450. The fourth-order valence-electron chi connectivity index (χ4n) is 0.596. The fraction of sp³-hybridized carbons (Fsp3) is 1.00. The monoisotopic (exact) mass is 120 g/mol. The molecule has 1 heterocycles. The van der Waals surface area contributed by atoms with Crippen LogP contribution in [-0.2, 0) is 9.09 Å². The van der Waals surface area contributed by atoms with E-state index in [2.05, 4.69) is 0 Å². The molecule has 0 radical (unpaired) electrons. The van der Waals surface area contributed by atoms with Crippen LogP contribution >= 0.6 is 8.03 Å². The average Bonchev–Trinajstić information content (AvgIpc) is 1.91. The van der Waals surface area contributed by atoms with E-state index in [9.17, 15) is 4.57 Å². The van der Waals surface area contributed by atoms with Crippen LogP contribution in [0.4, 0.5) is 0 Å². The molecule has 0 bridgehead atoms. The highest BCUT2D eigenvalue weighted by Gasteiger charge is 2.17. The van der Waals surface area contributed by atoms with Crippen LogP contribution in [0.25, 0.3) is 0 Å². The van der Waals surface area contributed by atoms with Gasteiger partial charge < -0.3 is 4.52 Å². The van der Waals surface area contributed by atoms with Crippen molar-refractivity contribution >= 4 is 8.03 Å². The molecule has 2 unspecified atom stereocenters. The van der Waals surface area contributed by atoms with E-state index in [1.807, 2.05) is 6.92 Å². The Kier molecular flexibility index (Phi) is 1.50. The van der Waals surface area contributed by atoms with Crippen molar-refractivity contribution in [3.8, 4) is 0 Å². The van der Waals surface area contributed by atoms with Gasteiger partial charge in [0.1, 0.15) is 0 Å². The van der Waals surface area contributed by atoms with Crippen molar-refractivity contribution in [2.75, 3.05) is 6.61 Å². The summed E-state index contributed by atoms with van der Waals surface area (Å²) < 4.78 is 15.3. The summed E-state index contributed by atoms with van der Waals surface area (Å²) in [5, 5.41) is 0. The Hall–Kier alpha value is 0.190. The van der Waals surface area contributed by atoms with Crippen molar-refractivity contribution in [3.05, 3.63) is 0 Å². The van der Waals surface area contributed by atoms with E-state index < -0.39 is 8.03 Å². The Balaban J connectivity index is 2.48. The third kappa shape index (κ3) is 1.05. The Morgan fingerprint density at radius 2 is 2.57 bits per heavy atom. The normalized spacial score (nSPS) is 41.9. The predicted octanol–water partition coefficient (Wildman–Crippen LogP) is 1.27. The maximum Gasteiger partial charge on any atom is 0.194 e. The van der Waals surface area contributed by atoms with Gasteiger partial charge in [0.2, 0.25) is 0 Å². The molecule has 0 N–H and O–H groups in total. The molecule has 1 aliphatic heterocycles. The molecule has 0 saturated carbocycles. The van der Waals surface area contributed by atoms with Crippen LogP contribution < -0.4 is 0 Å². The lowest BCUT2D eigenvalue weighted by Gasteiger charge is -1.90. The zero-order valence-electron chi connectivity index (χ0n) is 4.31. The number of hydrogen-bond acceptors (Lipinski definition) is 2. The summed E-state index contributed by atoms with van der Waals surface area (Å²) in [6, 6.07) is 0. The summed E-state index contributed by atoms with van der Waals surface area (Å²) >= 11 is 0. The van der Waals surface area contributed by atoms with Crippen LogP contribution in [0.2, 0.25) is 0 Å². The minimum Gasteiger partial charge on any atom is -0.330 e. The molecule has 0 aromatic carbocycles. The standard InChI is InChI=1S/C4H9O2P/c1-4-2-3-6-7(4)5/h4,7H,2-3H2,1H3. The molecule has 0 aromatic heterocycles. The first-order valence-electron chi connectivity index (χ1n) is 2.47. The molecule has 0 aliphatic carbocycles. The SMILES string of the molecule is CC1CCO[PH]1=O. The molecular weight excluding hydrogens is 111 g/mol. The third-order valence-electron chi connectivity index (χ3n) is 1.20. The summed E-state index contributed by atoms with van der Waals surface area (Å²) in [5.41, 5.74) is 0.338. The Morgan fingerprint density at radius 3 is 2.71 bits per heavy atom. The summed E-state index contributed by atoms with van der Waals surface area (Å²) in [4.78, 5) is 0. The highest BCUT2D eigenvalue weighted by molar-refractivity contribution is 7.40. The van der Waals surface area contributed by atoms with E-state index in [4.69, 9.17) is 4.52 Å². The van der Waals surface area contributed by atoms with Gasteiger partial charge in [0.15, 0.2) is 8.03 Å². The van der Waals surface area contributed by atoms with E-state index in [1.54, 1.807) is 0 Å². The van der Waals surface area contributed by atoms with Crippen molar-refractivity contribution in [2.24, 2.45) is 0 Å². The first kappa shape index (κ1) is 5.33. The first-order chi connectivity index (χ1) is 3.30. The molecular formula is C4H9O2P. The van der Waals surface area contributed by atoms with Crippen molar-refractivity contribution in [1.82, 2.24) is 0 Å². The van der Waals surface area contributed by atoms with E-state index in [-0.39, 0.29) is 0 Å². The van der Waals surface area contributed by atoms with E-state index in [0.29, 0.717) is 12.3 Å². The molecule has 2 nitrogen and oxygen atoms in total. The van der Waals surface area contributed by atoms with Gasteiger partial charge >= 0.3 is 0 Å². The van der Waals surface area contributed by atoms with Gasteiger partial charge in [-0.15, -0.1) is 0 Å². The molecule has 1 aliphatic rings. The lowest BCUT2D eigenvalue weighted by atomic mass is 10.4. The molecule has 7 heavy (non-hydrogen) atoms. The second kappa shape index (κ2) is 1.97. The van der Waals surface area contributed by atoms with Crippen LogP contribution in [0.1, 0.15) is 13.3 Å². The van der Waals surface area contributed by atoms with Crippen LogP contribution in [0.3, 0.4) is 0 Å². The molecule has 1 saturated heterocycles. The van der Waals surface area contributed by atoms with Crippen molar-refractivity contribution in [2.45, 2.75) is 19.0 Å². The van der Waals surface area contributed by atoms with Crippen LogP contribution in [-0.4, -0.2) is 12.3 Å². The lowest BCUT2D eigenvalue weighted by molar-refractivity contribution is 0.364. The lowest BCUT2D eigenvalue weighted by Crippen LogP contribution is -1.85. The third-order valence-corrected chi connectivity index (χ3v) is 2.78. The minimum atomic E-state index is -1.58. The fourth-order valence-corrected chi connectivity index (χ4v) is 1.55. The van der Waals surface area contributed by atoms with Crippen molar-refractivity contribution < 1.29 is 9.09 Å². The average molecular weight is 120 g/mol. The van der Waals surface area contributed by atoms with Crippen molar-refractivity contribution in [1.29, 1.82) is 0 Å². The number of hydrogen-bond donors (Lipinski definition) is 0. The van der Waals surface area contributed by atoms with Crippen LogP contribution in [0, 0.1) is 0 Å². The molecule has 0 amide bonds. The summed E-state index contributed by atoms with van der Waals surface area (Å²) in [6.45, 7) is 2.67. The Labute approximate surface area is 43.7 Å². The first-order valence-corrected chi connectivity index (χ1v) is 3.87. The predicted molar refractivity (Wildman–Crippen MR) is 29.0 cm³/mol. The second-order valence-corrected chi connectivity index (χ2v) is 3.77. The molecule has 1 fully saturated rings. The topological polar surface area (TPSA) is 26.3 Å². The van der Waals surface area contributed by atoms with Gasteiger partial charge in [-0.1, -0.05) is 6.92 Å². The summed E-state index contributed by atoms with van der Waals surface area (Å²) in [5.74, 6) is 0. The molecule has 0 aromatic rings. The summed E-state index contributed by atoms with van der Waals surface area (Å²) in [7, 11) is -1.58. The highest BCUT2D eigenvalue weighted by atomic mass is 31.1. The van der Waals surface area contributed by atoms with E-state index in [0.717, 1.165) is 6.42 Å². The highest BCUT2D eigenvalue weighted by Crippen LogP contribution is 2.37. The number of rotatable bonds is 0. The molecule has 42 valence electrons. The zero-order valence-corrected chi connectivity index (χ0v) is 5.31. The minimum absolute atomic E-state index is 0.338. The van der Waals surface area contributed by atoms with Gasteiger partial charge in [0.25, 0.3) is 0 Å². The van der Waals surface area contributed by atoms with E-state index in [1.165, 1.54) is 0 Å². The Morgan fingerprint density at radius 1 is 1.86 bits per heavy atom. The Bertz CT molecular complexity index is 91.7. The van der Waals surface area contributed by atoms with Crippen molar-refractivity contribution in [3.63, 3.8) is 0 Å². The summed E-state index contributed by atoms with van der Waals surface area (Å²) in [6.07, 6.45) is 0.984.